The van der Waals surface area contributed by atoms with Crippen LogP contribution in [0, 0.1) is 18.6 Å². The zero-order chi connectivity index (χ0) is 19.7. The van der Waals surface area contributed by atoms with E-state index in [4.69, 9.17) is 15.5 Å². The lowest BCUT2D eigenvalue weighted by atomic mass is 10.2. The first-order chi connectivity index (χ1) is 12.1. The Labute approximate surface area is 148 Å². The van der Waals surface area contributed by atoms with Gasteiger partial charge in [0.25, 0.3) is 10.1 Å². The second-order valence-corrected chi connectivity index (χ2v) is 6.22. The normalized spacial score (nSPS) is 11.8. The van der Waals surface area contributed by atoms with Crippen LogP contribution in [0.4, 0.5) is 8.78 Å². The van der Waals surface area contributed by atoms with Crippen LogP contribution in [0.1, 0.15) is 11.1 Å². The molecule has 0 amide bonds. The summed E-state index contributed by atoms with van der Waals surface area (Å²) in [5.41, 5.74) is 7.43. The molecule has 2 aromatic rings. The predicted molar refractivity (Wildman–Crippen MR) is 91.5 cm³/mol. The molecule has 0 unspecified atom stereocenters. The zero-order valence-electron chi connectivity index (χ0n) is 13.5. The molecule has 0 bridgehead atoms. The number of nitrogens with two attached hydrogens (primary N) is 1. The first-order valence-electron chi connectivity index (χ1n) is 6.89. The van der Waals surface area contributed by atoms with E-state index < -0.39 is 21.8 Å². The molecule has 2 rings (SSSR count). The lowest BCUT2D eigenvalue weighted by Gasteiger charge is -1.95. The number of nitrogens with one attached hydrogen (secondary N) is 1. The fraction of sp³-hybridized carbons (Fsp3) is 0.0667. The number of rotatable bonds is 3. The molecule has 0 aromatic heterocycles. The monoisotopic (exact) mass is 386 g/mol. The van der Waals surface area contributed by atoms with Crippen LogP contribution >= 0.6 is 0 Å². The van der Waals surface area contributed by atoms with E-state index in [0.29, 0.717) is 0 Å². The standard InChI is InChI=1S/C8H8F2N4O.C7H8O3S/c9-6-1-2-7(10)5(3-6)4-12-13-8(11)14-15;1-6-2-4-7(5-3-6)11(8,9)10/h1-4,15H,(H3,11,13,14);2-5H,1H3,(H,8,9,10)/b12-4+;. The molecule has 8 nitrogen and oxygen atoms in total. The maximum absolute atomic E-state index is 13.0. The minimum atomic E-state index is -4.02. The Hall–Kier alpha value is -2.89. The molecule has 5 N–H and O–H groups in total. The fourth-order valence-electron chi connectivity index (χ4n) is 1.50. The van der Waals surface area contributed by atoms with E-state index >= 15 is 0 Å². The number of hydrogen-bond acceptors (Lipinski definition) is 5. The van der Waals surface area contributed by atoms with Crippen molar-refractivity contribution in [3.05, 3.63) is 65.2 Å². The Morgan fingerprint density at radius 3 is 2.35 bits per heavy atom. The van der Waals surface area contributed by atoms with Gasteiger partial charge in [0, 0.05) is 5.56 Å². The van der Waals surface area contributed by atoms with Crippen LogP contribution in [0.15, 0.2) is 57.6 Å². The molecule has 0 aliphatic carbocycles. The van der Waals surface area contributed by atoms with Crippen LogP contribution in [-0.2, 0) is 10.1 Å². The highest BCUT2D eigenvalue weighted by Gasteiger charge is 2.06. The van der Waals surface area contributed by atoms with Crippen LogP contribution < -0.4 is 11.2 Å². The molecule has 0 atom stereocenters. The van der Waals surface area contributed by atoms with Gasteiger partial charge in [-0.05, 0) is 37.3 Å². The summed E-state index contributed by atoms with van der Waals surface area (Å²) in [6, 6.07) is 8.89. The summed E-state index contributed by atoms with van der Waals surface area (Å²) in [7, 11) is -4.02. The van der Waals surface area contributed by atoms with Gasteiger partial charge in [-0.25, -0.2) is 14.3 Å². The van der Waals surface area contributed by atoms with Crippen molar-refractivity contribution < 1.29 is 27.0 Å². The van der Waals surface area contributed by atoms with Crippen LogP contribution in [-0.4, -0.2) is 30.4 Å². The van der Waals surface area contributed by atoms with Crippen LogP contribution in [0.3, 0.4) is 0 Å². The van der Waals surface area contributed by atoms with Crippen molar-refractivity contribution in [3.8, 4) is 0 Å². The summed E-state index contributed by atoms with van der Waals surface area (Å²) in [6.45, 7) is 1.84. The Morgan fingerprint density at radius 1 is 1.19 bits per heavy atom. The highest BCUT2D eigenvalue weighted by Crippen LogP contribution is 2.08. The summed E-state index contributed by atoms with van der Waals surface area (Å²) < 4.78 is 55.2. The number of benzene rings is 2. The van der Waals surface area contributed by atoms with Gasteiger partial charge in [0.2, 0.25) is 5.96 Å². The largest absolute Gasteiger partial charge is 0.367 e. The number of halogens is 2. The van der Waals surface area contributed by atoms with E-state index in [-0.39, 0.29) is 16.4 Å². The molecule has 2 aromatic carbocycles. The predicted octanol–water partition coefficient (Wildman–Crippen LogP) is 1.83. The van der Waals surface area contributed by atoms with E-state index in [2.05, 4.69) is 10.2 Å². The SMILES string of the molecule is Cc1ccc(S(=O)(=O)O)cc1.NC(=N/N=C/c1cc(F)ccc1F)NO. The molecule has 0 heterocycles. The van der Waals surface area contributed by atoms with Gasteiger partial charge in [-0.2, -0.15) is 13.5 Å². The lowest BCUT2D eigenvalue weighted by Crippen LogP contribution is -2.27. The number of aryl methyl sites for hydroxylation is 1. The smallest absolute Gasteiger partial charge is 0.294 e. The van der Waals surface area contributed by atoms with Crippen LogP contribution in [0.2, 0.25) is 0 Å². The zero-order valence-corrected chi connectivity index (χ0v) is 14.3. The van der Waals surface area contributed by atoms with Gasteiger partial charge in [-0.1, -0.05) is 17.7 Å². The number of hydroxylamine groups is 1. The molecule has 140 valence electrons. The number of hydrogen-bond donors (Lipinski definition) is 4. The summed E-state index contributed by atoms with van der Waals surface area (Å²) >= 11 is 0. The topological polar surface area (TPSA) is 137 Å². The van der Waals surface area contributed by atoms with Gasteiger partial charge >= 0.3 is 0 Å². The van der Waals surface area contributed by atoms with Crippen molar-refractivity contribution in [2.45, 2.75) is 11.8 Å². The minimum Gasteiger partial charge on any atom is -0.367 e. The van der Waals surface area contributed by atoms with Crippen molar-refractivity contribution in [1.29, 1.82) is 0 Å². The highest BCUT2D eigenvalue weighted by atomic mass is 32.2. The van der Waals surface area contributed by atoms with Gasteiger partial charge < -0.3 is 5.73 Å². The maximum atomic E-state index is 13.0. The summed E-state index contributed by atoms with van der Waals surface area (Å²) in [4.78, 5) is -0.0666. The van der Waals surface area contributed by atoms with Crippen molar-refractivity contribution in [1.82, 2.24) is 5.48 Å². The van der Waals surface area contributed by atoms with Crippen molar-refractivity contribution in [3.63, 3.8) is 0 Å². The van der Waals surface area contributed by atoms with Gasteiger partial charge in [-0.3, -0.25) is 9.76 Å². The van der Waals surface area contributed by atoms with Gasteiger partial charge in [0.1, 0.15) is 11.6 Å². The van der Waals surface area contributed by atoms with E-state index in [1.54, 1.807) is 12.1 Å². The van der Waals surface area contributed by atoms with Crippen molar-refractivity contribution in [2.24, 2.45) is 15.9 Å². The lowest BCUT2D eigenvalue weighted by molar-refractivity contribution is 0.232. The summed E-state index contributed by atoms with van der Waals surface area (Å²) in [6.07, 6.45) is 0.975. The molecular weight excluding hydrogens is 370 g/mol. The first kappa shape index (κ1) is 21.2. The summed E-state index contributed by atoms with van der Waals surface area (Å²) in [5, 5.41) is 14.8. The van der Waals surface area contributed by atoms with Crippen molar-refractivity contribution >= 4 is 22.3 Å². The Bertz CT molecular complexity index is 900. The Balaban J connectivity index is 0.000000273. The van der Waals surface area contributed by atoms with E-state index in [1.807, 2.05) is 6.92 Å². The Morgan fingerprint density at radius 2 is 1.81 bits per heavy atom. The minimum absolute atomic E-state index is 0.0653. The molecule has 0 spiro atoms. The van der Waals surface area contributed by atoms with Gasteiger partial charge in [-0.15, -0.1) is 5.10 Å². The van der Waals surface area contributed by atoms with Crippen LogP contribution in [0.5, 0.6) is 0 Å². The van der Waals surface area contributed by atoms with E-state index in [1.165, 1.54) is 17.6 Å². The molecule has 0 aliphatic heterocycles. The summed E-state index contributed by atoms with van der Waals surface area (Å²) in [5.74, 6) is -1.58. The third-order valence-electron chi connectivity index (χ3n) is 2.75. The average molecular weight is 386 g/mol. The molecule has 0 saturated carbocycles. The highest BCUT2D eigenvalue weighted by molar-refractivity contribution is 7.85. The molecular formula is C15H16F2N4O4S. The molecule has 0 saturated heterocycles. The second-order valence-electron chi connectivity index (χ2n) is 4.80. The second kappa shape index (κ2) is 9.56. The number of nitrogens with zero attached hydrogens (tertiary/aromatic N) is 2. The third-order valence-corrected chi connectivity index (χ3v) is 3.62. The molecule has 0 radical (unpaired) electrons. The number of guanidine groups is 1. The molecule has 0 aliphatic rings. The molecule has 26 heavy (non-hydrogen) atoms. The Kier molecular flexibility index (Phi) is 7.77. The molecule has 0 fully saturated rings. The van der Waals surface area contributed by atoms with Gasteiger partial charge in [0.15, 0.2) is 0 Å². The fourth-order valence-corrected chi connectivity index (χ4v) is 1.98. The quantitative estimate of drug-likeness (QED) is 0.275. The maximum Gasteiger partial charge on any atom is 0.294 e. The van der Waals surface area contributed by atoms with E-state index in [9.17, 15) is 17.2 Å². The van der Waals surface area contributed by atoms with Crippen molar-refractivity contribution in [2.75, 3.05) is 0 Å². The van der Waals surface area contributed by atoms with Crippen LogP contribution in [0.25, 0.3) is 0 Å². The first-order valence-corrected chi connectivity index (χ1v) is 8.33. The average Bonchev–Trinajstić information content (AvgIpc) is 2.58. The van der Waals surface area contributed by atoms with Gasteiger partial charge in [0.05, 0.1) is 11.1 Å². The third kappa shape index (κ3) is 7.34. The van der Waals surface area contributed by atoms with E-state index in [0.717, 1.165) is 30.0 Å². The molecule has 11 heteroatoms.